The maximum Gasteiger partial charge on any atom is 0.150 e. The third kappa shape index (κ3) is 6.18. The predicted octanol–water partition coefficient (Wildman–Crippen LogP) is 6.21. The molecule has 3 rings (SSSR count). The third-order valence-electron chi connectivity index (χ3n) is 2.89. The van der Waals surface area contributed by atoms with Gasteiger partial charge in [0.2, 0.25) is 0 Å². The summed E-state index contributed by atoms with van der Waals surface area (Å²) in [4.78, 5) is 10.5. The van der Waals surface area contributed by atoms with Gasteiger partial charge in [0.25, 0.3) is 0 Å². The highest BCUT2D eigenvalue weighted by Gasteiger charge is 1.97. The van der Waals surface area contributed by atoms with E-state index in [1.54, 1.807) is 48.5 Å². The molecule has 3 nitrogen and oxygen atoms in total. The van der Waals surface area contributed by atoms with Crippen molar-refractivity contribution in [3.05, 3.63) is 87.3 Å². The Kier molecular flexibility index (Phi) is 7.03. The Balaban J connectivity index is 0.000000219. The largest absolute Gasteiger partial charge is 0.508 e. The van der Waals surface area contributed by atoms with Gasteiger partial charge in [0.15, 0.2) is 0 Å². The standard InChI is InChI=1S/C13H9BrO2.C6H5BrO/c14-11-3-7-13(8-4-11)16-12-5-1-10(9-15)2-6-12;7-5-1-3-6(8)4-2-5/h1-9H;1-4,8H. The second-order valence-electron chi connectivity index (χ2n) is 4.72. The van der Waals surface area contributed by atoms with Crippen molar-refractivity contribution >= 4 is 38.1 Å². The van der Waals surface area contributed by atoms with Crippen molar-refractivity contribution < 1.29 is 14.6 Å². The summed E-state index contributed by atoms with van der Waals surface area (Å²) in [5.41, 5.74) is 0.642. The van der Waals surface area contributed by atoms with Gasteiger partial charge >= 0.3 is 0 Å². The van der Waals surface area contributed by atoms with E-state index in [9.17, 15) is 4.79 Å². The number of carbonyl (C=O) groups excluding carboxylic acids is 1. The number of hydrogen-bond donors (Lipinski definition) is 1. The predicted molar refractivity (Wildman–Crippen MR) is 102 cm³/mol. The highest BCUT2D eigenvalue weighted by Crippen LogP contribution is 2.23. The van der Waals surface area contributed by atoms with E-state index in [2.05, 4.69) is 31.9 Å². The van der Waals surface area contributed by atoms with Crippen LogP contribution in [0.25, 0.3) is 0 Å². The van der Waals surface area contributed by atoms with Crippen molar-refractivity contribution in [2.75, 3.05) is 0 Å². The van der Waals surface area contributed by atoms with Crippen LogP contribution in [0, 0.1) is 0 Å². The first kappa shape index (κ1) is 18.2. The number of rotatable bonds is 3. The molecule has 0 aliphatic heterocycles. The Morgan fingerprint density at radius 3 is 1.54 bits per heavy atom. The molecule has 122 valence electrons. The molecule has 1 N–H and O–H groups in total. The average Bonchev–Trinajstić information content (AvgIpc) is 2.61. The lowest BCUT2D eigenvalue weighted by Gasteiger charge is -2.05. The fourth-order valence-corrected chi connectivity index (χ4v) is 2.22. The molecule has 0 bridgehead atoms. The minimum absolute atomic E-state index is 0.299. The van der Waals surface area contributed by atoms with Gasteiger partial charge in [-0.1, -0.05) is 31.9 Å². The highest BCUT2D eigenvalue weighted by molar-refractivity contribution is 9.10. The van der Waals surface area contributed by atoms with Crippen molar-refractivity contribution in [3.63, 3.8) is 0 Å². The zero-order chi connectivity index (χ0) is 17.4. The first-order valence-electron chi connectivity index (χ1n) is 7.00. The molecule has 24 heavy (non-hydrogen) atoms. The normalized spacial score (nSPS) is 9.58. The first-order chi connectivity index (χ1) is 11.6. The summed E-state index contributed by atoms with van der Waals surface area (Å²) < 4.78 is 7.59. The zero-order valence-corrected chi connectivity index (χ0v) is 15.7. The Bertz CT molecular complexity index is 746. The summed E-state index contributed by atoms with van der Waals surface area (Å²) in [5, 5.41) is 8.74. The number of carbonyl (C=O) groups is 1. The molecule has 0 amide bonds. The maximum absolute atomic E-state index is 10.5. The van der Waals surface area contributed by atoms with E-state index >= 15 is 0 Å². The Morgan fingerprint density at radius 2 is 1.12 bits per heavy atom. The quantitative estimate of drug-likeness (QED) is 0.483. The summed E-state index contributed by atoms with van der Waals surface area (Å²) in [6, 6.07) is 21.4. The Morgan fingerprint density at radius 1 is 0.708 bits per heavy atom. The lowest BCUT2D eigenvalue weighted by atomic mass is 10.2. The van der Waals surface area contributed by atoms with Crippen LogP contribution in [0.4, 0.5) is 0 Å². The van der Waals surface area contributed by atoms with Crippen LogP contribution in [-0.4, -0.2) is 11.4 Å². The molecule has 0 aromatic heterocycles. The van der Waals surface area contributed by atoms with Gasteiger partial charge < -0.3 is 9.84 Å². The van der Waals surface area contributed by atoms with Crippen molar-refractivity contribution in [3.8, 4) is 17.2 Å². The molecular formula is C19H14Br2O3. The fraction of sp³-hybridized carbons (Fsp3) is 0. The average molecular weight is 450 g/mol. The molecule has 3 aromatic rings. The second-order valence-corrected chi connectivity index (χ2v) is 6.55. The van der Waals surface area contributed by atoms with Crippen LogP contribution in [0.1, 0.15) is 10.4 Å². The molecule has 0 unspecified atom stereocenters. The number of hydrogen-bond acceptors (Lipinski definition) is 3. The van der Waals surface area contributed by atoms with Crippen LogP contribution in [0.15, 0.2) is 81.7 Å². The summed E-state index contributed by atoms with van der Waals surface area (Å²) in [7, 11) is 0. The van der Waals surface area contributed by atoms with Gasteiger partial charge in [-0.2, -0.15) is 0 Å². The molecule has 5 heteroatoms. The molecule has 0 aliphatic carbocycles. The van der Waals surface area contributed by atoms with E-state index in [0.29, 0.717) is 17.1 Å². The molecule has 3 aromatic carbocycles. The van der Waals surface area contributed by atoms with Crippen molar-refractivity contribution in [2.45, 2.75) is 0 Å². The number of halogens is 2. The van der Waals surface area contributed by atoms with Crippen molar-refractivity contribution in [1.82, 2.24) is 0 Å². The summed E-state index contributed by atoms with van der Waals surface area (Å²) in [6.07, 6.45) is 0.809. The van der Waals surface area contributed by atoms with Gasteiger partial charge in [-0.15, -0.1) is 0 Å². The van der Waals surface area contributed by atoms with Gasteiger partial charge in [-0.25, -0.2) is 0 Å². The smallest absolute Gasteiger partial charge is 0.150 e. The van der Waals surface area contributed by atoms with Crippen molar-refractivity contribution in [1.29, 1.82) is 0 Å². The molecule has 0 spiro atoms. The number of aromatic hydroxyl groups is 1. The van der Waals surface area contributed by atoms with Crippen LogP contribution in [-0.2, 0) is 0 Å². The van der Waals surface area contributed by atoms with Gasteiger partial charge in [-0.05, 0) is 72.8 Å². The van der Waals surface area contributed by atoms with Gasteiger partial charge in [0.05, 0.1) is 0 Å². The lowest BCUT2D eigenvalue weighted by molar-refractivity contribution is 0.112. The number of phenolic OH excluding ortho intramolecular Hbond substituents is 1. The molecule has 0 atom stereocenters. The molecule has 0 radical (unpaired) electrons. The zero-order valence-electron chi connectivity index (χ0n) is 12.5. The molecule has 0 saturated heterocycles. The minimum atomic E-state index is 0.299. The molecule has 0 aliphatic rings. The first-order valence-corrected chi connectivity index (χ1v) is 8.58. The van der Waals surface area contributed by atoms with E-state index in [1.807, 2.05) is 24.3 Å². The molecular weight excluding hydrogens is 436 g/mol. The lowest BCUT2D eigenvalue weighted by Crippen LogP contribution is -1.84. The molecule has 0 fully saturated rings. The highest BCUT2D eigenvalue weighted by atomic mass is 79.9. The number of aldehydes is 1. The summed E-state index contributed by atoms with van der Waals surface area (Å²) in [5.74, 6) is 1.78. The monoisotopic (exact) mass is 448 g/mol. The topological polar surface area (TPSA) is 46.5 Å². The van der Waals surface area contributed by atoms with Gasteiger partial charge in [-0.3, -0.25) is 4.79 Å². The Labute approximate surface area is 157 Å². The number of phenols is 1. The van der Waals surface area contributed by atoms with Crippen LogP contribution < -0.4 is 4.74 Å². The summed E-state index contributed by atoms with van der Waals surface area (Å²) >= 11 is 6.59. The molecule has 0 heterocycles. The second kappa shape index (κ2) is 9.25. The number of ether oxygens (including phenoxy) is 1. The van der Waals surface area contributed by atoms with Crippen molar-refractivity contribution in [2.24, 2.45) is 0 Å². The molecule has 0 saturated carbocycles. The van der Waals surface area contributed by atoms with E-state index in [4.69, 9.17) is 9.84 Å². The SMILES string of the molecule is O=Cc1ccc(Oc2ccc(Br)cc2)cc1.Oc1ccc(Br)cc1. The third-order valence-corrected chi connectivity index (χ3v) is 3.95. The van der Waals surface area contributed by atoms with E-state index < -0.39 is 0 Å². The fourth-order valence-electron chi connectivity index (χ4n) is 1.69. The number of benzene rings is 3. The summed E-state index contributed by atoms with van der Waals surface area (Å²) in [6.45, 7) is 0. The van der Waals surface area contributed by atoms with Gasteiger partial charge in [0, 0.05) is 14.5 Å². The maximum atomic E-state index is 10.5. The van der Waals surface area contributed by atoms with Gasteiger partial charge in [0.1, 0.15) is 23.5 Å². The van der Waals surface area contributed by atoms with E-state index in [1.165, 1.54) is 0 Å². The van der Waals surface area contributed by atoms with E-state index in [-0.39, 0.29) is 0 Å². The Hall–Kier alpha value is -2.11. The van der Waals surface area contributed by atoms with Crippen LogP contribution in [0.3, 0.4) is 0 Å². The van der Waals surface area contributed by atoms with E-state index in [0.717, 1.165) is 21.0 Å². The van der Waals surface area contributed by atoms with Crippen LogP contribution in [0.2, 0.25) is 0 Å². The van der Waals surface area contributed by atoms with Crippen LogP contribution >= 0.6 is 31.9 Å². The van der Waals surface area contributed by atoms with Crippen LogP contribution in [0.5, 0.6) is 17.2 Å². The minimum Gasteiger partial charge on any atom is -0.508 e.